The van der Waals surface area contributed by atoms with Crippen molar-refractivity contribution in [2.45, 2.75) is 0 Å². The highest BCUT2D eigenvalue weighted by molar-refractivity contribution is 7.25. The van der Waals surface area contributed by atoms with E-state index in [1.165, 1.54) is 20.2 Å². The molecule has 0 aliphatic rings. The highest BCUT2D eigenvalue weighted by Crippen LogP contribution is 2.44. The third kappa shape index (κ3) is 4.71. The molecule has 0 aliphatic heterocycles. The summed E-state index contributed by atoms with van der Waals surface area (Å²) in [5, 5.41) is 4.74. The molecule has 4 heterocycles. The molecule has 0 N–H and O–H groups in total. The maximum atomic E-state index is 6.75. The highest BCUT2D eigenvalue weighted by atomic mass is 32.1. The monoisotopic (exact) mass is 657 g/mol. The molecule has 0 saturated carbocycles. The molecule has 0 radical (unpaired) electrons. The van der Waals surface area contributed by atoms with Crippen LogP contribution in [0.2, 0.25) is 0 Å². The topological polar surface area (TPSA) is 51.8 Å². The van der Waals surface area contributed by atoms with E-state index in [1.54, 1.807) is 0 Å². The van der Waals surface area contributed by atoms with Crippen LogP contribution in [0.15, 0.2) is 168 Å². The average Bonchev–Trinajstić information content (AvgIpc) is 3.77. The van der Waals surface area contributed by atoms with Crippen LogP contribution in [0.3, 0.4) is 0 Å². The summed E-state index contributed by atoms with van der Waals surface area (Å²) in [5.41, 5.74) is 10.3. The number of aromatic nitrogens is 3. The highest BCUT2D eigenvalue weighted by Gasteiger charge is 2.21. The summed E-state index contributed by atoms with van der Waals surface area (Å²) >= 11 is 1.84. The number of hydrogen-bond acceptors (Lipinski definition) is 5. The van der Waals surface area contributed by atoms with E-state index in [0.717, 1.165) is 72.4 Å². The maximum Gasteiger partial charge on any atom is 0.160 e. The van der Waals surface area contributed by atoms with Gasteiger partial charge < -0.3 is 4.42 Å². The summed E-state index contributed by atoms with van der Waals surface area (Å²) in [4.78, 5) is 15.0. The first kappa shape index (κ1) is 28.6. The number of hydrogen-bond donors (Lipinski definition) is 0. The standard InChI is InChI=1S/C45H27N3OS/c1-2-12-28(13-3-1)45-47-38(32-15-5-4-14-31(32)37-18-10-11-25-46-37)27-39(48-45)35-24-23-30(43-36-17-6-8-19-40(36)49-44(35)43)29-21-22-34-33-16-7-9-20-41(33)50-42(34)26-29/h1-27H. The van der Waals surface area contributed by atoms with Crippen molar-refractivity contribution in [1.29, 1.82) is 0 Å². The van der Waals surface area contributed by atoms with E-state index in [2.05, 4.69) is 102 Å². The summed E-state index contributed by atoms with van der Waals surface area (Å²) in [7, 11) is 0. The fourth-order valence-electron chi connectivity index (χ4n) is 7.06. The van der Waals surface area contributed by atoms with Gasteiger partial charge in [0.15, 0.2) is 5.82 Å². The zero-order chi connectivity index (χ0) is 33.0. The fraction of sp³-hybridized carbons (Fsp3) is 0. The van der Waals surface area contributed by atoms with Gasteiger partial charge in [-0.25, -0.2) is 9.97 Å². The number of benzene rings is 6. The van der Waals surface area contributed by atoms with E-state index in [4.69, 9.17) is 14.4 Å². The van der Waals surface area contributed by atoms with Crippen molar-refractivity contribution in [3.05, 3.63) is 164 Å². The Bertz CT molecular complexity index is 2870. The number of para-hydroxylation sites is 1. The van der Waals surface area contributed by atoms with Gasteiger partial charge in [-0.15, -0.1) is 11.3 Å². The van der Waals surface area contributed by atoms with Crippen LogP contribution in [0, 0.1) is 0 Å². The summed E-state index contributed by atoms with van der Waals surface area (Å²) in [6.45, 7) is 0. The number of fused-ring (bicyclic) bond motifs is 6. The molecule has 0 atom stereocenters. The Balaban J connectivity index is 1.22. The van der Waals surface area contributed by atoms with Crippen LogP contribution in [0.1, 0.15) is 0 Å². The van der Waals surface area contributed by atoms with E-state index < -0.39 is 0 Å². The second kappa shape index (κ2) is 11.6. The van der Waals surface area contributed by atoms with E-state index >= 15 is 0 Å². The van der Waals surface area contributed by atoms with Crippen molar-refractivity contribution in [1.82, 2.24) is 15.0 Å². The van der Waals surface area contributed by atoms with E-state index in [1.807, 2.05) is 78.2 Å². The van der Waals surface area contributed by atoms with Crippen molar-refractivity contribution in [2.75, 3.05) is 0 Å². The second-order valence-electron chi connectivity index (χ2n) is 12.4. The minimum absolute atomic E-state index is 0.650. The molecule has 0 spiro atoms. The third-order valence-electron chi connectivity index (χ3n) is 9.39. The number of furan rings is 1. The summed E-state index contributed by atoms with van der Waals surface area (Å²) in [6.07, 6.45) is 1.82. The molecule has 234 valence electrons. The first-order valence-electron chi connectivity index (χ1n) is 16.6. The van der Waals surface area contributed by atoms with Gasteiger partial charge in [0.05, 0.1) is 17.1 Å². The predicted molar refractivity (Wildman–Crippen MR) is 207 cm³/mol. The number of nitrogens with zero attached hydrogens (tertiary/aromatic N) is 3. The molecule has 0 saturated heterocycles. The number of rotatable bonds is 5. The zero-order valence-corrected chi connectivity index (χ0v) is 27.6. The molecular formula is C45H27N3OS. The van der Waals surface area contributed by atoms with Gasteiger partial charge in [0.25, 0.3) is 0 Å². The molecule has 4 nitrogen and oxygen atoms in total. The fourth-order valence-corrected chi connectivity index (χ4v) is 8.20. The molecule has 0 bridgehead atoms. The smallest absolute Gasteiger partial charge is 0.160 e. The Kier molecular flexibility index (Phi) is 6.64. The van der Waals surface area contributed by atoms with Crippen LogP contribution in [-0.4, -0.2) is 15.0 Å². The van der Waals surface area contributed by atoms with Crippen LogP contribution in [0.5, 0.6) is 0 Å². The normalized spacial score (nSPS) is 11.6. The summed E-state index contributed by atoms with van der Waals surface area (Å²) in [5.74, 6) is 0.650. The largest absolute Gasteiger partial charge is 0.455 e. The number of pyridine rings is 1. The van der Waals surface area contributed by atoms with Crippen LogP contribution in [-0.2, 0) is 0 Å². The van der Waals surface area contributed by atoms with Gasteiger partial charge in [0, 0.05) is 59.4 Å². The Labute approximate surface area is 292 Å². The SMILES string of the molecule is c1ccc(-c2nc(-c3ccccc3-c3ccccn3)cc(-c3ccc(-c4ccc5c(c4)sc4ccccc45)c4c3oc3ccccc34)n2)cc1. The first-order valence-corrected chi connectivity index (χ1v) is 17.4. The van der Waals surface area contributed by atoms with Crippen molar-refractivity contribution in [2.24, 2.45) is 0 Å². The van der Waals surface area contributed by atoms with Gasteiger partial charge in [0.2, 0.25) is 0 Å². The lowest BCUT2D eigenvalue weighted by Gasteiger charge is -2.13. The Morgan fingerprint density at radius 3 is 1.96 bits per heavy atom. The molecule has 5 heteroatoms. The molecular weight excluding hydrogens is 631 g/mol. The van der Waals surface area contributed by atoms with E-state index in [9.17, 15) is 0 Å². The van der Waals surface area contributed by atoms with Crippen molar-refractivity contribution >= 4 is 53.4 Å². The Morgan fingerprint density at radius 1 is 0.440 bits per heavy atom. The molecule has 6 aromatic carbocycles. The summed E-state index contributed by atoms with van der Waals surface area (Å²) in [6, 6.07) is 54.6. The lowest BCUT2D eigenvalue weighted by atomic mass is 9.95. The molecule has 10 rings (SSSR count). The van der Waals surface area contributed by atoms with Gasteiger partial charge in [-0.05, 0) is 53.6 Å². The molecule has 0 fully saturated rings. The molecule has 10 aromatic rings. The van der Waals surface area contributed by atoms with Crippen molar-refractivity contribution < 1.29 is 4.42 Å². The van der Waals surface area contributed by atoms with Gasteiger partial charge in [0.1, 0.15) is 11.2 Å². The average molecular weight is 658 g/mol. The lowest BCUT2D eigenvalue weighted by Crippen LogP contribution is -1.97. The minimum Gasteiger partial charge on any atom is -0.455 e. The third-order valence-corrected chi connectivity index (χ3v) is 10.5. The van der Waals surface area contributed by atoms with Crippen molar-refractivity contribution in [3.63, 3.8) is 0 Å². The zero-order valence-electron chi connectivity index (χ0n) is 26.7. The van der Waals surface area contributed by atoms with Gasteiger partial charge in [-0.2, -0.15) is 0 Å². The van der Waals surface area contributed by atoms with Gasteiger partial charge in [-0.3, -0.25) is 4.98 Å². The predicted octanol–water partition coefficient (Wildman–Crippen LogP) is 12.5. The first-order chi connectivity index (χ1) is 24.8. The van der Waals surface area contributed by atoms with Crippen LogP contribution < -0.4 is 0 Å². The summed E-state index contributed by atoms with van der Waals surface area (Å²) < 4.78 is 9.32. The Morgan fingerprint density at radius 2 is 1.12 bits per heavy atom. The van der Waals surface area contributed by atoms with E-state index in [0.29, 0.717) is 5.82 Å². The van der Waals surface area contributed by atoms with Crippen LogP contribution >= 0.6 is 11.3 Å². The molecule has 0 amide bonds. The molecule has 0 aliphatic carbocycles. The van der Waals surface area contributed by atoms with Crippen LogP contribution in [0.4, 0.5) is 0 Å². The number of thiophene rings is 1. The van der Waals surface area contributed by atoms with Crippen LogP contribution in [0.25, 0.3) is 98.4 Å². The lowest BCUT2D eigenvalue weighted by molar-refractivity contribution is 0.670. The van der Waals surface area contributed by atoms with E-state index in [-0.39, 0.29) is 0 Å². The minimum atomic E-state index is 0.650. The molecule has 50 heavy (non-hydrogen) atoms. The quantitative estimate of drug-likeness (QED) is 0.185. The maximum absolute atomic E-state index is 6.75. The Hall–Kier alpha value is -6.43. The second-order valence-corrected chi connectivity index (χ2v) is 13.4. The molecule has 0 unspecified atom stereocenters. The van der Waals surface area contributed by atoms with Gasteiger partial charge >= 0.3 is 0 Å². The van der Waals surface area contributed by atoms with Crippen molar-refractivity contribution in [3.8, 4) is 56.3 Å². The molecule has 4 aromatic heterocycles. The van der Waals surface area contributed by atoms with Gasteiger partial charge in [-0.1, -0.05) is 115 Å².